The zero-order chi connectivity index (χ0) is 14.9. The Labute approximate surface area is 125 Å². The molecule has 0 saturated heterocycles. The molecule has 0 amide bonds. The number of benzene rings is 1. The molecule has 1 aromatic rings. The molecule has 0 spiro atoms. The Morgan fingerprint density at radius 1 is 1.19 bits per heavy atom. The van der Waals surface area contributed by atoms with Gasteiger partial charge in [0.1, 0.15) is 0 Å². The van der Waals surface area contributed by atoms with Crippen LogP contribution in [0.5, 0.6) is 0 Å². The second-order valence-electron chi connectivity index (χ2n) is 5.89. The first-order chi connectivity index (χ1) is 10.1. The van der Waals surface area contributed by atoms with Gasteiger partial charge < -0.3 is 10.4 Å². The van der Waals surface area contributed by atoms with E-state index in [4.69, 9.17) is 0 Å². The molecule has 116 valence electrons. The Kier molecular flexibility index (Phi) is 4.19. The predicted molar refractivity (Wildman–Crippen MR) is 81.8 cm³/mol. The summed E-state index contributed by atoms with van der Waals surface area (Å²) in [5.74, 6) is 0. The molecule has 3 rings (SSSR count). The Morgan fingerprint density at radius 3 is 2.81 bits per heavy atom. The molecular formula is C15H22N2O3S. The van der Waals surface area contributed by atoms with Crippen LogP contribution in [0.3, 0.4) is 0 Å². The summed E-state index contributed by atoms with van der Waals surface area (Å²) < 4.78 is 28.0. The molecule has 21 heavy (non-hydrogen) atoms. The van der Waals surface area contributed by atoms with Gasteiger partial charge in [0.05, 0.1) is 11.0 Å². The molecule has 1 fully saturated rings. The van der Waals surface area contributed by atoms with Crippen LogP contribution in [0.15, 0.2) is 23.1 Å². The van der Waals surface area contributed by atoms with Crippen LogP contribution in [0, 0.1) is 0 Å². The van der Waals surface area contributed by atoms with Crippen molar-refractivity contribution in [1.29, 1.82) is 0 Å². The van der Waals surface area contributed by atoms with Gasteiger partial charge in [-0.05, 0) is 43.4 Å². The van der Waals surface area contributed by atoms with E-state index in [1.165, 1.54) is 0 Å². The first-order valence-corrected chi connectivity index (χ1v) is 9.12. The minimum absolute atomic E-state index is 0.352. The lowest BCUT2D eigenvalue weighted by atomic mass is 9.93. The normalized spacial score (nSPS) is 26.0. The van der Waals surface area contributed by atoms with Crippen molar-refractivity contribution in [3.05, 3.63) is 23.8 Å². The zero-order valence-electron chi connectivity index (χ0n) is 12.0. The first-order valence-electron chi connectivity index (χ1n) is 7.64. The van der Waals surface area contributed by atoms with E-state index in [-0.39, 0.29) is 6.04 Å². The van der Waals surface area contributed by atoms with Crippen molar-refractivity contribution < 1.29 is 13.5 Å². The lowest BCUT2D eigenvalue weighted by Gasteiger charge is -2.29. The molecule has 2 aliphatic rings. The van der Waals surface area contributed by atoms with Crippen LogP contribution in [0.4, 0.5) is 5.69 Å². The lowest BCUT2D eigenvalue weighted by Crippen LogP contribution is -2.45. The molecule has 0 radical (unpaired) electrons. The summed E-state index contributed by atoms with van der Waals surface area (Å²) in [7, 11) is -3.58. The Hall–Kier alpha value is -1.11. The van der Waals surface area contributed by atoms with Gasteiger partial charge in [0.25, 0.3) is 0 Å². The third kappa shape index (κ3) is 3.07. The minimum Gasteiger partial charge on any atom is -0.391 e. The van der Waals surface area contributed by atoms with Crippen LogP contribution in [-0.2, 0) is 16.4 Å². The van der Waals surface area contributed by atoms with E-state index < -0.39 is 16.1 Å². The van der Waals surface area contributed by atoms with E-state index >= 15 is 0 Å². The summed E-state index contributed by atoms with van der Waals surface area (Å²) >= 11 is 0. The van der Waals surface area contributed by atoms with Crippen LogP contribution in [-0.4, -0.2) is 32.2 Å². The first kappa shape index (κ1) is 14.8. The quantitative estimate of drug-likeness (QED) is 0.793. The average Bonchev–Trinajstić information content (AvgIpc) is 2.49. The summed E-state index contributed by atoms with van der Waals surface area (Å²) in [6.45, 7) is 0.880. The van der Waals surface area contributed by atoms with Gasteiger partial charge in [0.2, 0.25) is 10.0 Å². The van der Waals surface area contributed by atoms with Gasteiger partial charge in [-0.2, -0.15) is 0 Å². The summed E-state index contributed by atoms with van der Waals surface area (Å²) in [6, 6.07) is 4.98. The van der Waals surface area contributed by atoms with Gasteiger partial charge in [-0.3, -0.25) is 0 Å². The number of aliphatic hydroxyl groups excluding tert-OH is 1. The van der Waals surface area contributed by atoms with Crippen molar-refractivity contribution in [3.8, 4) is 0 Å². The molecule has 1 saturated carbocycles. The molecule has 1 heterocycles. The number of hydrogen-bond donors (Lipinski definition) is 3. The molecule has 1 aliphatic heterocycles. The summed E-state index contributed by atoms with van der Waals surface area (Å²) in [4.78, 5) is 0.352. The number of sulfonamides is 1. The fourth-order valence-corrected chi connectivity index (χ4v) is 4.84. The average molecular weight is 310 g/mol. The molecular weight excluding hydrogens is 288 g/mol. The summed E-state index contributed by atoms with van der Waals surface area (Å²) in [6.07, 6.45) is 4.42. The van der Waals surface area contributed by atoms with Crippen LogP contribution in [0.1, 0.15) is 37.7 Å². The van der Waals surface area contributed by atoms with Gasteiger partial charge in [-0.25, -0.2) is 13.1 Å². The van der Waals surface area contributed by atoms with E-state index in [1.54, 1.807) is 12.1 Å². The molecule has 2 atom stereocenters. The van der Waals surface area contributed by atoms with Crippen molar-refractivity contribution in [2.24, 2.45) is 0 Å². The number of fused-ring (bicyclic) bond motifs is 1. The monoisotopic (exact) mass is 310 g/mol. The molecule has 2 unspecified atom stereocenters. The fourth-order valence-electron chi connectivity index (χ4n) is 3.24. The van der Waals surface area contributed by atoms with E-state index in [1.807, 2.05) is 6.07 Å². The highest BCUT2D eigenvalue weighted by atomic mass is 32.2. The van der Waals surface area contributed by atoms with Gasteiger partial charge in [-0.1, -0.05) is 18.9 Å². The summed E-state index contributed by atoms with van der Waals surface area (Å²) in [5, 5.41) is 13.2. The van der Waals surface area contributed by atoms with Gasteiger partial charge >= 0.3 is 0 Å². The maximum atomic E-state index is 12.7. The molecule has 1 aliphatic carbocycles. The van der Waals surface area contributed by atoms with E-state index in [0.29, 0.717) is 17.7 Å². The predicted octanol–water partition coefficient (Wildman–Crippen LogP) is 1.63. The van der Waals surface area contributed by atoms with E-state index in [0.717, 1.165) is 43.5 Å². The second kappa shape index (κ2) is 5.94. The molecule has 3 N–H and O–H groups in total. The van der Waals surface area contributed by atoms with Crippen molar-refractivity contribution >= 4 is 15.7 Å². The van der Waals surface area contributed by atoms with Crippen molar-refractivity contribution in [1.82, 2.24) is 4.72 Å². The lowest BCUT2D eigenvalue weighted by molar-refractivity contribution is 0.101. The Bertz CT molecular complexity index is 615. The second-order valence-corrected chi connectivity index (χ2v) is 7.57. The number of nitrogens with one attached hydrogen (secondary N) is 2. The van der Waals surface area contributed by atoms with Crippen molar-refractivity contribution in [3.63, 3.8) is 0 Å². The third-order valence-corrected chi connectivity index (χ3v) is 5.95. The van der Waals surface area contributed by atoms with Gasteiger partial charge in [-0.15, -0.1) is 0 Å². The minimum atomic E-state index is -3.58. The van der Waals surface area contributed by atoms with Crippen molar-refractivity contribution in [2.45, 2.75) is 55.6 Å². The molecule has 0 aromatic heterocycles. The molecule has 0 bridgehead atoms. The third-order valence-electron chi connectivity index (χ3n) is 4.38. The van der Waals surface area contributed by atoms with Gasteiger partial charge in [0.15, 0.2) is 0 Å². The topological polar surface area (TPSA) is 78.4 Å². The van der Waals surface area contributed by atoms with Crippen molar-refractivity contribution in [2.75, 3.05) is 11.9 Å². The highest BCUT2D eigenvalue weighted by molar-refractivity contribution is 7.89. The Morgan fingerprint density at radius 2 is 2.00 bits per heavy atom. The zero-order valence-corrected chi connectivity index (χ0v) is 12.8. The highest BCUT2D eigenvalue weighted by Crippen LogP contribution is 2.29. The van der Waals surface area contributed by atoms with Crippen LogP contribution in [0.25, 0.3) is 0 Å². The number of rotatable bonds is 3. The van der Waals surface area contributed by atoms with E-state index in [9.17, 15) is 13.5 Å². The highest BCUT2D eigenvalue weighted by Gasteiger charge is 2.30. The molecule has 1 aromatic carbocycles. The smallest absolute Gasteiger partial charge is 0.241 e. The maximum absolute atomic E-state index is 12.7. The number of aliphatic hydroxyl groups is 1. The van der Waals surface area contributed by atoms with Gasteiger partial charge in [0, 0.05) is 18.3 Å². The SMILES string of the molecule is O=S(=O)(NC1CCCCC1O)c1cccc2c1CCCN2. The molecule has 6 heteroatoms. The standard InChI is InChI=1S/C15H22N2O3S/c18-14-8-2-1-6-13(14)17-21(19,20)15-9-3-7-12-11(15)5-4-10-16-12/h3,7,9,13-14,16-18H,1-2,4-6,8,10H2. The summed E-state index contributed by atoms with van der Waals surface area (Å²) in [5.41, 5.74) is 1.77. The van der Waals surface area contributed by atoms with Crippen LogP contribution < -0.4 is 10.0 Å². The largest absolute Gasteiger partial charge is 0.391 e. The molecule has 5 nitrogen and oxygen atoms in total. The number of hydrogen-bond acceptors (Lipinski definition) is 4. The number of anilines is 1. The van der Waals surface area contributed by atoms with E-state index in [2.05, 4.69) is 10.0 Å². The fraction of sp³-hybridized carbons (Fsp3) is 0.600. The van der Waals surface area contributed by atoms with Crippen LogP contribution >= 0.6 is 0 Å². The maximum Gasteiger partial charge on any atom is 0.241 e. The van der Waals surface area contributed by atoms with Crippen LogP contribution in [0.2, 0.25) is 0 Å². The Balaban J connectivity index is 1.88.